The topological polar surface area (TPSA) is 66.8 Å². The molecule has 104 valence electrons. The molecule has 0 unspecified atom stereocenters. The average Bonchev–Trinajstić information content (AvgIpc) is 2.42. The van der Waals surface area contributed by atoms with Crippen LogP contribution in [0.2, 0.25) is 0 Å². The summed E-state index contributed by atoms with van der Waals surface area (Å²) in [6, 6.07) is 6.45. The quantitative estimate of drug-likeness (QED) is 0.789. The fraction of sp³-hybridized carbons (Fsp3) is 0.385. The van der Waals surface area contributed by atoms with E-state index in [4.69, 9.17) is 9.84 Å². The predicted molar refractivity (Wildman–Crippen MR) is 72.1 cm³/mol. The second-order valence-electron chi connectivity index (χ2n) is 3.78. The number of aliphatic hydroxyl groups excluding tert-OH is 1. The molecule has 5 nitrogen and oxygen atoms in total. The molecular weight excluding hydrogens is 266 g/mol. The Hall–Kier alpha value is -1.39. The van der Waals surface area contributed by atoms with Crippen LogP contribution in [-0.4, -0.2) is 51.7 Å². The average molecular weight is 283 g/mol. The number of aliphatic hydroxyl groups is 1. The highest BCUT2D eigenvalue weighted by molar-refractivity contribution is 7.89. The van der Waals surface area contributed by atoms with E-state index in [1.165, 1.54) is 24.5 Å². The first-order chi connectivity index (χ1) is 9.04. The maximum Gasteiger partial charge on any atom is 0.244 e. The zero-order valence-corrected chi connectivity index (χ0v) is 11.8. The fourth-order valence-corrected chi connectivity index (χ4v) is 2.74. The van der Waals surface area contributed by atoms with Gasteiger partial charge in [-0.15, -0.1) is 0 Å². The summed E-state index contributed by atoms with van der Waals surface area (Å²) in [6.07, 6.45) is 0. The SMILES string of the molecule is COCCN(C)S(=O)(=O)c1ccccc1C#CCO. The van der Waals surface area contributed by atoms with E-state index < -0.39 is 10.0 Å². The zero-order chi connectivity index (χ0) is 14.3. The zero-order valence-electron chi connectivity index (χ0n) is 11.0. The van der Waals surface area contributed by atoms with Crippen LogP contribution in [0.1, 0.15) is 5.56 Å². The Morgan fingerprint density at radius 3 is 2.68 bits per heavy atom. The van der Waals surface area contributed by atoms with Crippen LogP contribution in [0.15, 0.2) is 29.2 Å². The number of likely N-dealkylation sites (N-methyl/N-ethyl adjacent to an activating group) is 1. The third kappa shape index (κ3) is 4.04. The van der Waals surface area contributed by atoms with Crippen molar-refractivity contribution in [1.82, 2.24) is 4.31 Å². The van der Waals surface area contributed by atoms with Gasteiger partial charge in [-0.1, -0.05) is 24.0 Å². The van der Waals surface area contributed by atoms with Gasteiger partial charge in [-0.2, -0.15) is 4.31 Å². The first kappa shape index (κ1) is 15.7. The molecule has 0 atom stereocenters. The van der Waals surface area contributed by atoms with Crippen molar-refractivity contribution in [3.8, 4) is 11.8 Å². The highest BCUT2D eigenvalue weighted by Gasteiger charge is 2.22. The lowest BCUT2D eigenvalue weighted by Gasteiger charge is -2.17. The van der Waals surface area contributed by atoms with Crippen molar-refractivity contribution >= 4 is 10.0 Å². The molecule has 0 radical (unpaired) electrons. The molecule has 0 amide bonds. The Morgan fingerprint density at radius 2 is 2.05 bits per heavy atom. The summed E-state index contributed by atoms with van der Waals surface area (Å²) in [5.41, 5.74) is 0.376. The predicted octanol–water partition coefficient (Wildman–Crippen LogP) is 0.297. The third-order valence-corrected chi connectivity index (χ3v) is 4.40. The first-order valence-electron chi connectivity index (χ1n) is 5.68. The molecule has 0 aromatic heterocycles. The molecular formula is C13H17NO4S. The maximum absolute atomic E-state index is 12.4. The molecule has 1 aromatic carbocycles. The summed E-state index contributed by atoms with van der Waals surface area (Å²) < 4.78 is 30.8. The minimum absolute atomic E-state index is 0.134. The lowest BCUT2D eigenvalue weighted by Crippen LogP contribution is -2.30. The summed E-state index contributed by atoms with van der Waals surface area (Å²) in [4.78, 5) is 0.134. The second kappa shape index (κ2) is 7.26. The summed E-state index contributed by atoms with van der Waals surface area (Å²) in [5.74, 6) is 5.10. The Balaban J connectivity index is 3.14. The molecule has 0 saturated carbocycles. The van der Waals surface area contributed by atoms with Gasteiger partial charge in [0, 0.05) is 26.3 Å². The van der Waals surface area contributed by atoms with E-state index in [0.717, 1.165) is 0 Å². The van der Waals surface area contributed by atoms with Gasteiger partial charge in [0.25, 0.3) is 0 Å². The van der Waals surface area contributed by atoms with E-state index in [0.29, 0.717) is 12.2 Å². The molecule has 0 aliphatic heterocycles. The number of benzene rings is 1. The van der Waals surface area contributed by atoms with Crippen molar-refractivity contribution in [2.24, 2.45) is 0 Å². The Labute approximate surface area is 113 Å². The highest BCUT2D eigenvalue weighted by atomic mass is 32.2. The van der Waals surface area contributed by atoms with Gasteiger partial charge >= 0.3 is 0 Å². The van der Waals surface area contributed by atoms with Crippen LogP contribution in [-0.2, 0) is 14.8 Å². The normalized spacial score (nSPS) is 11.2. The van der Waals surface area contributed by atoms with Gasteiger partial charge < -0.3 is 9.84 Å². The first-order valence-corrected chi connectivity index (χ1v) is 7.12. The van der Waals surface area contributed by atoms with Crippen LogP contribution in [0.4, 0.5) is 0 Å². The van der Waals surface area contributed by atoms with Crippen molar-refractivity contribution in [3.63, 3.8) is 0 Å². The van der Waals surface area contributed by atoms with E-state index in [2.05, 4.69) is 11.8 Å². The van der Waals surface area contributed by atoms with Gasteiger partial charge in [0.15, 0.2) is 0 Å². The summed E-state index contributed by atoms with van der Waals surface area (Å²) in [7, 11) is -0.597. The van der Waals surface area contributed by atoms with Gasteiger partial charge in [-0.05, 0) is 12.1 Å². The molecule has 0 fully saturated rings. The second-order valence-corrected chi connectivity index (χ2v) is 5.79. The monoisotopic (exact) mass is 283 g/mol. The Bertz CT molecular complexity index is 572. The van der Waals surface area contributed by atoms with Crippen molar-refractivity contribution in [2.75, 3.05) is 33.9 Å². The van der Waals surface area contributed by atoms with Crippen LogP contribution in [0.25, 0.3) is 0 Å². The smallest absolute Gasteiger partial charge is 0.244 e. The molecule has 0 heterocycles. The van der Waals surface area contributed by atoms with Crippen molar-refractivity contribution < 1.29 is 18.3 Å². The van der Waals surface area contributed by atoms with Crippen molar-refractivity contribution in [1.29, 1.82) is 0 Å². The number of methoxy groups -OCH3 is 1. The van der Waals surface area contributed by atoms with E-state index >= 15 is 0 Å². The van der Waals surface area contributed by atoms with E-state index in [1.54, 1.807) is 18.2 Å². The van der Waals surface area contributed by atoms with Crippen LogP contribution >= 0.6 is 0 Å². The number of rotatable bonds is 5. The standard InChI is InChI=1S/C13H17NO4S/c1-14(9-11-18-2)19(16,17)13-8-4-3-6-12(13)7-5-10-15/h3-4,6,8,15H,9-11H2,1-2H3. The van der Waals surface area contributed by atoms with Gasteiger partial charge in [-0.3, -0.25) is 0 Å². The van der Waals surface area contributed by atoms with Crippen LogP contribution in [0.3, 0.4) is 0 Å². The maximum atomic E-state index is 12.4. The molecule has 1 N–H and O–H groups in total. The van der Waals surface area contributed by atoms with Crippen molar-refractivity contribution in [2.45, 2.75) is 4.90 Å². The Morgan fingerprint density at radius 1 is 1.37 bits per heavy atom. The minimum Gasteiger partial charge on any atom is -0.384 e. The molecule has 0 aliphatic rings. The van der Waals surface area contributed by atoms with Crippen LogP contribution < -0.4 is 0 Å². The number of nitrogens with zero attached hydrogens (tertiary/aromatic N) is 1. The van der Waals surface area contributed by atoms with Crippen LogP contribution in [0, 0.1) is 11.8 Å². The highest BCUT2D eigenvalue weighted by Crippen LogP contribution is 2.18. The fourth-order valence-electron chi connectivity index (χ4n) is 1.44. The van der Waals surface area contributed by atoms with E-state index in [1.807, 2.05) is 0 Å². The number of hydrogen-bond donors (Lipinski definition) is 1. The molecule has 1 rings (SSSR count). The molecule has 0 bridgehead atoms. The number of hydrogen-bond acceptors (Lipinski definition) is 4. The van der Waals surface area contributed by atoms with E-state index in [9.17, 15) is 8.42 Å². The van der Waals surface area contributed by atoms with Crippen LogP contribution in [0.5, 0.6) is 0 Å². The number of sulfonamides is 1. The molecule has 0 aliphatic carbocycles. The summed E-state index contributed by atoms with van der Waals surface area (Å²) >= 11 is 0. The Kier molecular flexibility index (Phi) is 5.99. The largest absolute Gasteiger partial charge is 0.384 e. The minimum atomic E-state index is -3.60. The summed E-state index contributed by atoms with van der Waals surface area (Å²) in [5, 5.41) is 8.70. The molecule has 19 heavy (non-hydrogen) atoms. The van der Waals surface area contributed by atoms with Gasteiger partial charge in [0.05, 0.1) is 11.5 Å². The van der Waals surface area contributed by atoms with E-state index in [-0.39, 0.29) is 18.0 Å². The lowest BCUT2D eigenvalue weighted by molar-refractivity contribution is 0.185. The van der Waals surface area contributed by atoms with Crippen molar-refractivity contribution in [3.05, 3.63) is 29.8 Å². The number of ether oxygens (including phenoxy) is 1. The third-order valence-electron chi connectivity index (χ3n) is 2.49. The lowest BCUT2D eigenvalue weighted by atomic mass is 10.2. The van der Waals surface area contributed by atoms with Gasteiger partial charge in [-0.25, -0.2) is 8.42 Å². The summed E-state index contributed by atoms with van der Waals surface area (Å²) in [6.45, 7) is 0.273. The molecule has 0 saturated heterocycles. The molecule has 1 aromatic rings. The molecule has 6 heteroatoms. The van der Waals surface area contributed by atoms with Gasteiger partial charge in [0.2, 0.25) is 10.0 Å². The molecule has 0 spiro atoms. The van der Waals surface area contributed by atoms with Gasteiger partial charge in [0.1, 0.15) is 6.61 Å².